The summed E-state index contributed by atoms with van der Waals surface area (Å²) >= 11 is 9.68. The van der Waals surface area contributed by atoms with Gasteiger partial charge in [-0.05, 0) is 48.7 Å². The normalized spacial score (nSPS) is 12.4. The number of halogens is 2. The van der Waals surface area contributed by atoms with Gasteiger partial charge in [0.25, 0.3) is 0 Å². The van der Waals surface area contributed by atoms with Crippen LogP contribution in [0.4, 0.5) is 0 Å². The van der Waals surface area contributed by atoms with Gasteiger partial charge in [0.05, 0.1) is 0 Å². The average Bonchev–Trinajstić information content (AvgIpc) is 2.38. The molecule has 0 aliphatic heterocycles. The van der Waals surface area contributed by atoms with Crippen LogP contribution < -0.4 is 5.32 Å². The van der Waals surface area contributed by atoms with Crippen molar-refractivity contribution in [2.45, 2.75) is 26.4 Å². The van der Waals surface area contributed by atoms with Crippen LogP contribution in [0.5, 0.6) is 0 Å². The molecule has 0 bridgehead atoms. The van der Waals surface area contributed by atoms with Crippen molar-refractivity contribution >= 4 is 27.5 Å². The first-order valence-electron chi connectivity index (χ1n) is 6.30. The zero-order valence-electron chi connectivity index (χ0n) is 11.1. The zero-order valence-corrected chi connectivity index (χ0v) is 13.4. The van der Waals surface area contributed by atoms with Gasteiger partial charge < -0.3 is 5.32 Å². The first-order chi connectivity index (χ1) is 9.06. The van der Waals surface area contributed by atoms with Gasteiger partial charge in [0.2, 0.25) is 0 Å². The van der Waals surface area contributed by atoms with E-state index in [1.165, 1.54) is 11.1 Å². The summed E-state index contributed by atoms with van der Waals surface area (Å²) < 4.78 is 1.10. The van der Waals surface area contributed by atoms with Crippen LogP contribution in [0.15, 0.2) is 46.9 Å². The van der Waals surface area contributed by atoms with Crippen LogP contribution in [0.2, 0.25) is 5.02 Å². The molecular weight excluding hydrogens is 322 g/mol. The molecule has 1 nitrogen and oxygen atoms in total. The predicted octanol–water partition coefficient (Wildman–Crippen LogP) is 5.26. The molecule has 100 valence electrons. The molecule has 0 saturated carbocycles. The minimum absolute atomic E-state index is 0.297. The van der Waals surface area contributed by atoms with Gasteiger partial charge in [0.15, 0.2) is 0 Å². The van der Waals surface area contributed by atoms with Gasteiger partial charge in [-0.1, -0.05) is 51.8 Å². The molecule has 2 aromatic rings. The summed E-state index contributed by atoms with van der Waals surface area (Å²) in [4.78, 5) is 0. The third kappa shape index (κ3) is 4.07. The highest BCUT2D eigenvalue weighted by atomic mass is 79.9. The largest absolute Gasteiger partial charge is 0.306 e. The molecular formula is C16H17BrClN. The van der Waals surface area contributed by atoms with Crippen LogP contribution in [0, 0.1) is 6.92 Å². The predicted molar refractivity (Wildman–Crippen MR) is 85.6 cm³/mol. The van der Waals surface area contributed by atoms with E-state index in [0.717, 1.165) is 21.6 Å². The van der Waals surface area contributed by atoms with E-state index in [4.69, 9.17) is 11.6 Å². The molecule has 0 aliphatic carbocycles. The average molecular weight is 339 g/mol. The number of aryl methyl sites for hydroxylation is 1. The second-order valence-corrected chi connectivity index (χ2v) is 6.07. The molecule has 0 heterocycles. The van der Waals surface area contributed by atoms with Crippen molar-refractivity contribution in [3.8, 4) is 0 Å². The maximum Gasteiger partial charge on any atom is 0.0453 e. The number of nitrogens with one attached hydrogen (secondary N) is 1. The fraction of sp³-hybridized carbons (Fsp3) is 0.250. The van der Waals surface area contributed by atoms with Crippen LogP contribution >= 0.6 is 27.5 Å². The first-order valence-corrected chi connectivity index (χ1v) is 7.47. The fourth-order valence-corrected chi connectivity index (χ4v) is 2.49. The van der Waals surface area contributed by atoms with Crippen molar-refractivity contribution < 1.29 is 0 Å². The Labute approximate surface area is 128 Å². The Morgan fingerprint density at radius 1 is 1.16 bits per heavy atom. The molecule has 0 aliphatic rings. The Bertz CT molecular complexity index is 551. The van der Waals surface area contributed by atoms with Gasteiger partial charge in [0, 0.05) is 22.1 Å². The van der Waals surface area contributed by atoms with Crippen LogP contribution in [0.3, 0.4) is 0 Å². The Morgan fingerprint density at radius 3 is 2.47 bits per heavy atom. The topological polar surface area (TPSA) is 12.0 Å². The molecule has 2 rings (SSSR count). The molecule has 0 saturated heterocycles. The fourth-order valence-electron chi connectivity index (χ4n) is 1.93. The molecule has 0 fully saturated rings. The van der Waals surface area contributed by atoms with Crippen molar-refractivity contribution in [2.75, 3.05) is 0 Å². The lowest BCUT2D eigenvalue weighted by Gasteiger charge is -2.15. The number of hydrogen-bond acceptors (Lipinski definition) is 1. The number of benzene rings is 2. The molecule has 2 aromatic carbocycles. The zero-order chi connectivity index (χ0) is 13.8. The second kappa shape index (κ2) is 6.56. The SMILES string of the molecule is Cc1ccc(CN[C@H](C)c2ccc(Br)cc2)c(Cl)c1. The lowest BCUT2D eigenvalue weighted by atomic mass is 10.1. The van der Waals surface area contributed by atoms with E-state index in [1.807, 2.05) is 13.0 Å². The first kappa shape index (κ1) is 14.6. The third-order valence-corrected chi connectivity index (χ3v) is 4.06. The van der Waals surface area contributed by atoms with Crippen molar-refractivity contribution in [3.63, 3.8) is 0 Å². The maximum atomic E-state index is 6.23. The lowest BCUT2D eigenvalue weighted by molar-refractivity contribution is 0.574. The van der Waals surface area contributed by atoms with E-state index >= 15 is 0 Å². The van der Waals surface area contributed by atoms with Gasteiger partial charge in [0.1, 0.15) is 0 Å². The van der Waals surface area contributed by atoms with E-state index in [-0.39, 0.29) is 0 Å². The van der Waals surface area contributed by atoms with Gasteiger partial charge in [-0.3, -0.25) is 0 Å². The quantitative estimate of drug-likeness (QED) is 0.801. The number of hydrogen-bond donors (Lipinski definition) is 1. The van der Waals surface area contributed by atoms with Crippen molar-refractivity contribution in [1.29, 1.82) is 0 Å². The van der Waals surface area contributed by atoms with Gasteiger partial charge in [-0.2, -0.15) is 0 Å². The smallest absolute Gasteiger partial charge is 0.0453 e. The minimum atomic E-state index is 0.297. The van der Waals surface area contributed by atoms with Crippen LogP contribution in [-0.4, -0.2) is 0 Å². The van der Waals surface area contributed by atoms with Gasteiger partial charge in [-0.25, -0.2) is 0 Å². The lowest BCUT2D eigenvalue weighted by Crippen LogP contribution is -2.18. The van der Waals surface area contributed by atoms with E-state index in [0.29, 0.717) is 6.04 Å². The molecule has 3 heteroatoms. The summed E-state index contributed by atoms with van der Waals surface area (Å²) in [5.74, 6) is 0. The Hall–Kier alpha value is -0.830. The van der Waals surface area contributed by atoms with E-state index in [1.54, 1.807) is 0 Å². The summed E-state index contributed by atoms with van der Waals surface area (Å²) in [6.07, 6.45) is 0. The van der Waals surface area contributed by atoms with Crippen LogP contribution in [-0.2, 0) is 6.54 Å². The summed E-state index contributed by atoms with van der Waals surface area (Å²) in [5.41, 5.74) is 3.59. The highest BCUT2D eigenvalue weighted by Gasteiger charge is 2.06. The van der Waals surface area contributed by atoms with Crippen molar-refractivity contribution in [2.24, 2.45) is 0 Å². The monoisotopic (exact) mass is 337 g/mol. The molecule has 0 spiro atoms. The second-order valence-electron chi connectivity index (χ2n) is 4.75. The number of rotatable bonds is 4. The Kier molecular flexibility index (Phi) is 5.03. The molecule has 1 atom stereocenters. The molecule has 0 unspecified atom stereocenters. The minimum Gasteiger partial charge on any atom is -0.306 e. The highest BCUT2D eigenvalue weighted by Crippen LogP contribution is 2.20. The van der Waals surface area contributed by atoms with Gasteiger partial charge >= 0.3 is 0 Å². The molecule has 0 aromatic heterocycles. The molecule has 0 radical (unpaired) electrons. The van der Waals surface area contributed by atoms with Crippen molar-refractivity contribution in [3.05, 3.63) is 68.7 Å². The van der Waals surface area contributed by atoms with Gasteiger partial charge in [-0.15, -0.1) is 0 Å². The molecule has 0 amide bonds. The summed E-state index contributed by atoms with van der Waals surface area (Å²) in [6.45, 7) is 4.98. The molecule has 19 heavy (non-hydrogen) atoms. The maximum absolute atomic E-state index is 6.23. The molecule has 1 N–H and O–H groups in total. The van der Waals surface area contributed by atoms with Crippen LogP contribution in [0.25, 0.3) is 0 Å². The third-order valence-electron chi connectivity index (χ3n) is 3.18. The standard InChI is InChI=1S/C16H17BrClN/c1-11-3-4-14(16(18)9-11)10-19-12(2)13-5-7-15(17)8-6-13/h3-9,12,19H,10H2,1-2H3/t12-/m1/s1. The van der Waals surface area contributed by atoms with E-state index in [9.17, 15) is 0 Å². The summed E-state index contributed by atoms with van der Waals surface area (Å²) in [7, 11) is 0. The summed E-state index contributed by atoms with van der Waals surface area (Å²) in [6, 6.07) is 14.8. The van der Waals surface area contributed by atoms with E-state index < -0.39 is 0 Å². The Morgan fingerprint density at radius 2 is 1.84 bits per heavy atom. The highest BCUT2D eigenvalue weighted by molar-refractivity contribution is 9.10. The van der Waals surface area contributed by atoms with E-state index in [2.05, 4.69) is 64.6 Å². The van der Waals surface area contributed by atoms with Crippen LogP contribution in [0.1, 0.15) is 29.7 Å². The Balaban J connectivity index is 2.00. The summed E-state index contributed by atoms with van der Waals surface area (Å²) in [5, 5.41) is 4.32. The van der Waals surface area contributed by atoms with Crippen molar-refractivity contribution in [1.82, 2.24) is 5.32 Å².